The van der Waals surface area contributed by atoms with Crippen LogP contribution < -0.4 is 15.6 Å². The summed E-state index contributed by atoms with van der Waals surface area (Å²) in [5.41, 5.74) is 0.0681. The van der Waals surface area contributed by atoms with Crippen molar-refractivity contribution < 1.29 is 17.9 Å². The summed E-state index contributed by atoms with van der Waals surface area (Å²) in [6.07, 6.45) is 1.16. The van der Waals surface area contributed by atoms with E-state index in [2.05, 4.69) is 5.32 Å². The smallest absolute Gasteiger partial charge is 0.251 e. The van der Waals surface area contributed by atoms with E-state index in [1.165, 1.54) is 27.3 Å². The van der Waals surface area contributed by atoms with Crippen LogP contribution in [0.4, 0.5) is 5.69 Å². The molecule has 0 bridgehead atoms. The average Bonchev–Trinajstić information content (AvgIpc) is 2.57. The first-order chi connectivity index (χ1) is 11.7. The number of anilines is 1. The van der Waals surface area contributed by atoms with Gasteiger partial charge < -0.3 is 14.6 Å². The molecule has 134 valence electrons. The van der Waals surface area contributed by atoms with Crippen LogP contribution in [0.3, 0.4) is 0 Å². The van der Waals surface area contributed by atoms with Crippen molar-refractivity contribution in [1.29, 1.82) is 0 Å². The van der Waals surface area contributed by atoms with Crippen molar-refractivity contribution in [2.24, 2.45) is 0 Å². The van der Waals surface area contributed by atoms with E-state index < -0.39 is 21.5 Å². The number of pyridine rings is 1. The number of hydrogen-bond acceptors (Lipinski definition) is 5. The number of nitrogens with zero attached hydrogens (tertiary/aromatic N) is 2. The summed E-state index contributed by atoms with van der Waals surface area (Å²) in [4.78, 5) is 24.0. The molecular formula is C16H19N3O5S. The Bertz CT molecular complexity index is 918. The number of hydrogen-bond donors (Lipinski definition) is 1. The zero-order valence-electron chi connectivity index (χ0n) is 14.1. The molecule has 1 heterocycles. The van der Waals surface area contributed by atoms with Crippen LogP contribution >= 0.6 is 0 Å². The molecule has 1 amide bonds. The Balaban J connectivity index is 2.18. The highest BCUT2D eigenvalue weighted by Gasteiger charge is 2.18. The van der Waals surface area contributed by atoms with Gasteiger partial charge in [-0.2, -0.15) is 0 Å². The van der Waals surface area contributed by atoms with Gasteiger partial charge in [0.15, 0.2) is 0 Å². The first-order valence-corrected chi connectivity index (χ1v) is 8.75. The molecular weight excluding hydrogens is 346 g/mol. The first-order valence-electron chi connectivity index (χ1n) is 7.31. The fourth-order valence-electron chi connectivity index (χ4n) is 2.03. The third kappa shape index (κ3) is 4.46. The van der Waals surface area contributed by atoms with Gasteiger partial charge in [0.2, 0.25) is 15.9 Å². The van der Waals surface area contributed by atoms with E-state index in [0.29, 0.717) is 11.4 Å². The van der Waals surface area contributed by atoms with Crippen molar-refractivity contribution in [3.63, 3.8) is 0 Å². The number of nitrogens with one attached hydrogen (secondary N) is 1. The van der Waals surface area contributed by atoms with Crippen LogP contribution in [0, 0.1) is 0 Å². The Morgan fingerprint density at radius 2 is 1.80 bits per heavy atom. The monoisotopic (exact) mass is 365 g/mol. The van der Waals surface area contributed by atoms with Crippen LogP contribution in [0.25, 0.3) is 0 Å². The number of aromatic nitrogens is 1. The van der Waals surface area contributed by atoms with Crippen molar-refractivity contribution in [3.8, 4) is 5.75 Å². The quantitative estimate of drug-likeness (QED) is 0.814. The SMILES string of the molecule is COc1ccc(NC(=O)Cn2cc(S(=O)(=O)N(C)C)ccc2=O)cc1. The normalized spacial score (nSPS) is 11.4. The largest absolute Gasteiger partial charge is 0.497 e. The second-order valence-corrected chi connectivity index (χ2v) is 7.55. The van der Waals surface area contributed by atoms with Gasteiger partial charge >= 0.3 is 0 Å². The molecule has 0 radical (unpaired) electrons. The van der Waals surface area contributed by atoms with Gasteiger partial charge in [-0.1, -0.05) is 0 Å². The van der Waals surface area contributed by atoms with E-state index in [0.717, 1.165) is 21.1 Å². The van der Waals surface area contributed by atoms with Gasteiger partial charge in [0.05, 0.1) is 12.0 Å². The molecule has 9 heteroatoms. The zero-order valence-corrected chi connectivity index (χ0v) is 14.9. The van der Waals surface area contributed by atoms with Crippen molar-refractivity contribution in [1.82, 2.24) is 8.87 Å². The molecule has 8 nitrogen and oxygen atoms in total. The zero-order chi connectivity index (χ0) is 18.6. The van der Waals surface area contributed by atoms with E-state index >= 15 is 0 Å². The fraction of sp³-hybridized carbons (Fsp3) is 0.250. The second kappa shape index (κ2) is 7.49. The lowest BCUT2D eigenvalue weighted by Gasteiger charge is -2.13. The van der Waals surface area contributed by atoms with Gasteiger partial charge in [-0.05, 0) is 30.3 Å². The van der Waals surface area contributed by atoms with Crippen LogP contribution in [-0.4, -0.2) is 44.4 Å². The first kappa shape index (κ1) is 18.7. The molecule has 0 spiro atoms. The van der Waals surface area contributed by atoms with Gasteiger partial charge in [-0.3, -0.25) is 9.59 Å². The summed E-state index contributed by atoms with van der Waals surface area (Å²) < 4.78 is 31.4. The van der Waals surface area contributed by atoms with E-state index in [1.54, 1.807) is 24.3 Å². The summed E-state index contributed by atoms with van der Waals surface area (Å²) in [7, 11) is 0.626. The highest BCUT2D eigenvalue weighted by Crippen LogP contribution is 2.15. The summed E-state index contributed by atoms with van der Waals surface area (Å²) >= 11 is 0. The molecule has 0 saturated heterocycles. The summed E-state index contributed by atoms with van der Waals surface area (Å²) in [6, 6.07) is 9.03. The second-order valence-electron chi connectivity index (χ2n) is 5.40. The van der Waals surface area contributed by atoms with Crippen LogP contribution in [0.15, 0.2) is 52.3 Å². The standard InChI is InChI=1S/C16H19N3O5S/c1-18(2)25(22,23)14-8-9-16(21)19(10-14)11-15(20)17-12-4-6-13(24-3)7-5-12/h4-10H,11H2,1-3H3,(H,17,20). The minimum absolute atomic E-state index is 0.0608. The molecule has 1 aromatic carbocycles. The van der Waals surface area contributed by atoms with Crippen molar-refractivity contribution in [2.45, 2.75) is 11.4 Å². The number of carbonyl (C=O) groups is 1. The summed E-state index contributed by atoms with van der Waals surface area (Å²) in [6.45, 7) is -0.304. The lowest BCUT2D eigenvalue weighted by molar-refractivity contribution is -0.116. The Morgan fingerprint density at radius 1 is 1.16 bits per heavy atom. The molecule has 0 atom stereocenters. The lowest BCUT2D eigenvalue weighted by Crippen LogP contribution is -2.29. The third-order valence-electron chi connectivity index (χ3n) is 3.42. The predicted octanol–water partition coefficient (Wildman–Crippen LogP) is 0.746. The molecule has 1 aromatic heterocycles. The Labute approximate surface area is 145 Å². The lowest BCUT2D eigenvalue weighted by atomic mass is 10.3. The Kier molecular flexibility index (Phi) is 5.60. The third-order valence-corrected chi connectivity index (χ3v) is 5.22. The van der Waals surface area contributed by atoms with E-state index in [1.807, 2.05) is 0 Å². The number of benzene rings is 1. The molecule has 0 aliphatic rings. The van der Waals surface area contributed by atoms with Crippen molar-refractivity contribution in [3.05, 3.63) is 52.9 Å². The average molecular weight is 365 g/mol. The Morgan fingerprint density at radius 3 is 2.36 bits per heavy atom. The van der Waals surface area contributed by atoms with E-state index in [-0.39, 0.29) is 11.4 Å². The van der Waals surface area contributed by atoms with Crippen LogP contribution in [0.1, 0.15) is 0 Å². The molecule has 0 fully saturated rings. The molecule has 25 heavy (non-hydrogen) atoms. The van der Waals surface area contributed by atoms with Gasteiger partial charge in [-0.25, -0.2) is 12.7 Å². The van der Waals surface area contributed by atoms with Crippen LogP contribution in [0.2, 0.25) is 0 Å². The number of sulfonamides is 1. The maximum Gasteiger partial charge on any atom is 0.251 e. The van der Waals surface area contributed by atoms with Crippen molar-refractivity contribution in [2.75, 3.05) is 26.5 Å². The summed E-state index contributed by atoms with van der Waals surface area (Å²) in [5.74, 6) is 0.197. The minimum Gasteiger partial charge on any atom is -0.497 e. The maximum absolute atomic E-state index is 12.1. The minimum atomic E-state index is -3.69. The molecule has 0 aliphatic carbocycles. The number of amides is 1. The number of ether oxygens (including phenoxy) is 1. The predicted molar refractivity (Wildman–Crippen MR) is 93.2 cm³/mol. The van der Waals surface area contributed by atoms with E-state index in [9.17, 15) is 18.0 Å². The Hall–Kier alpha value is -2.65. The van der Waals surface area contributed by atoms with Gasteiger partial charge in [-0.15, -0.1) is 0 Å². The number of methoxy groups -OCH3 is 1. The summed E-state index contributed by atoms with van der Waals surface area (Å²) in [5, 5.41) is 2.64. The highest BCUT2D eigenvalue weighted by atomic mass is 32.2. The van der Waals surface area contributed by atoms with Gasteiger partial charge in [0.1, 0.15) is 12.3 Å². The highest BCUT2D eigenvalue weighted by molar-refractivity contribution is 7.89. The van der Waals surface area contributed by atoms with Crippen molar-refractivity contribution >= 4 is 21.6 Å². The molecule has 2 rings (SSSR count). The van der Waals surface area contributed by atoms with Gasteiger partial charge in [0.25, 0.3) is 5.56 Å². The molecule has 2 aromatic rings. The number of rotatable bonds is 6. The van der Waals surface area contributed by atoms with Crippen LogP contribution in [-0.2, 0) is 21.4 Å². The topological polar surface area (TPSA) is 97.7 Å². The number of carbonyl (C=O) groups excluding carboxylic acids is 1. The van der Waals surface area contributed by atoms with E-state index in [4.69, 9.17) is 4.74 Å². The van der Waals surface area contributed by atoms with Crippen LogP contribution in [0.5, 0.6) is 5.75 Å². The van der Waals surface area contributed by atoms with Gasteiger partial charge in [0, 0.05) is 32.0 Å². The molecule has 0 unspecified atom stereocenters. The molecule has 0 saturated carbocycles. The maximum atomic E-state index is 12.1. The fourth-order valence-corrected chi connectivity index (χ4v) is 2.95. The molecule has 1 N–H and O–H groups in total. The molecule has 0 aliphatic heterocycles.